The minimum absolute atomic E-state index is 0.0635. The van der Waals surface area contributed by atoms with E-state index in [0.717, 1.165) is 12.8 Å². The number of furan rings is 1. The van der Waals surface area contributed by atoms with Crippen LogP contribution in [0.25, 0.3) is 0 Å². The van der Waals surface area contributed by atoms with E-state index in [1.54, 1.807) is 41.3 Å². The third-order valence-corrected chi connectivity index (χ3v) is 4.19. The van der Waals surface area contributed by atoms with Crippen molar-refractivity contribution in [1.82, 2.24) is 4.90 Å². The average Bonchev–Trinajstić information content (AvgIpc) is 3.09. The van der Waals surface area contributed by atoms with Crippen molar-refractivity contribution in [3.8, 4) is 0 Å². The van der Waals surface area contributed by atoms with E-state index >= 15 is 0 Å². The van der Waals surface area contributed by atoms with Crippen molar-refractivity contribution in [2.45, 2.75) is 12.8 Å². The molecule has 1 saturated heterocycles. The molecule has 4 nitrogen and oxygen atoms in total. The van der Waals surface area contributed by atoms with Crippen molar-refractivity contribution in [2.75, 3.05) is 13.1 Å². The number of nitrogens with zero attached hydrogens (tertiary/aromatic N) is 1. The predicted molar refractivity (Wildman–Crippen MR) is 83.1 cm³/mol. The molecule has 1 aromatic heterocycles. The first-order chi connectivity index (χ1) is 10.6. The lowest BCUT2D eigenvalue weighted by Gasteiger charge is -2.31. The van der Waals surface area contributed by atoms with Gasteiger partial charge in [-0.3, -0.25) is 9.59 Å². The van der Waals surface area contributed by atoms with Crippen molar-refractivity contribution in [1.29, 1.82) is 0 Å². The summed E-state index contributed by atoms with van der Waals surface area (Å²) in [6.45, 7) is 1.09. The zero-order valence-electron chi connectivity index (χ0n) is 12.0. The molecule has 1 aromatic carbocycles. The summed E-state index contributed by atoms with van der Waals surface area (Å²) in [6, 6.07) is 10.2. The summed E-state index contributed by atoms with van der Waals surface area (Å²) < 4.78 is 5.15. The molecule has 2 heterocycles. The topological polar surface area (TPSA) is 50.5 Å². The second-order valence-corrected chi connectivity index (χ2v) is 5.88. The van der Waals surface area contributed by atoms with Gasteiger partial charge in [-0.25, -0.2) is 0 Å². The van der Waals surface area contributed by atoms with Gasteiger partial charge in [0.25, 0.3) is 5.91 Å². The van der Waals surface area contributed by atoms with Gasteiger partial charge in [0.2, 0.25) is 0 Å². The van der Waals surface area contributed by atoms with Gasteiger partial charge in [-0.1, -0.05) is 11.6 Å². The first-order valence-electron chi connectivity index (χ1n) is 7.27. The molecule has 5 heteroatoms. The number of piperidine rings is 1. The van der Waals surface area contributed by atoms with Crippen LogP contribution in [-0.4, -0.2) is 29.7 Å². The number of halogens is 1. The van der Waals surface area contributed by atoms with E-state index in [4.69, 9.17) is 16.0 Å². The zero-order chi connectivity index (χ0) is 15.5. The quantitative estimate of drug-likeness (QED) is 0.812. The molecule has 0 radical (unpaired) electrons. The maximum absolute atomic E-state index is 12.6. The van der Waals surface area contributed by atoms with Crippen molar-refractivity contribution < 1.29 is 14.0 Å². The van der Waals surface area contributed by atoms with Crippen molar-refractivity contribution in [2.24, 2.45) is 5.92 Å². The highest BCUT2D eigenvalue weighted by atomic mass is 35.5. The van der Waals surface area contributed by atoms with Crippen LogP contribution in [0.4, 0.5) is 0 Å². The molecule has 1 fully saturated rings. The number of ketones is 1. The molecule has 3 rings (SSSR count). The molecular formula is C17H16ClNO3. The fraction of sp³-hybridized carbons (Fsp3) is 0.294. The smallest absolute Gasteiger partial charge is 0.289 e. The van der Waals surface area contributed by atoms with E-state index in [0.29, 0.717) is 29.4 Å². The molecule has 1 atom stereocenters. The van der Waals surface area contributed by atoms with E-state index in [2.05, 4.69) is 0 Å². The fourth-order valence-electron chi connectivity index (χ4n) is 2.78. The monoisotopic (exact) mass is 317 g/mol. The molecule has 114 valence electrons. The molecule has 1 unspecified atom stereocenters. The Kier molecular flexibility index (Phi) is 4.29. The summed E-state index contributed by atoms with van der Waals surface area (Å²) in [6.07, 6.45) is 3.09. The molecule has 0 bridgehead atoms. The van der Waals surface area contributed by atoms with Gasteiger partial charge in [-0.15, -0.1) is 0 Å². The highest BCUT2D eigenvalue weighted by Crippen LogP contribution is 2.23. The number of rotatable bonds is 3. The van der Waals surface area contributed by atoms with Gasteiger partial charge in [0.1, 0.15) is 0 Å². The SMILES string of the molecule is O=C(c1ccc(Cl)cc1)C1CCCN(C(=O)c2ccco2)C1. The number of likely N-dealkylation sites (tertiary alicyclic amines) is 1. The standard InChI is InChI=1S/C17H16ClNO3/c18-14-7-5-12(6-8-14)16(20)13-3-1-9-19(11-13)17(21)15-4-2-10-22-15/h2,4-8,10,13H,1,3,9,11H2. The number of hydrogen-bond acceptors (Lipinski definition) is 3. The average molecular weight is 318 g/mol. The molecule has 1 aliphatic rings. The summed E-state index contributed by atoms with van der Waals surface area (Å²) in [5.74, 6) is 0.0562. The van der Waals surface area contributed by atoms with Crippen LogP contribution in [0.15, 0.2) is 47.1 Å². The molecule has 0 N–H and O–H groups in total. The Labute approximate surface area is 133 Å². The van der Waals surface area contributed by atoms with Crippen molar-refractivity contribution in [3.05, 3.63) is 59.0 Å². The zero-order valence-corrected chi connectivity index (χ0v) is 12.8. The van der Waals surface area contributed by atoms with Gasteiger partial charge >= 0.3 is 0 Å². The highest BCUT2D eigenvalue weighted by Gasteiger charge is 2.30. The Morgan fingerprint density at radius 1 is 1.18 bits per heavy atom. The minimum Gasteiger partial charge on any atom is -0.459 e. The molecular weight excluding hydrogens is 302 g/mol. The Balaban J connectivity index is 1.71. The lowest BCUT2D eigenvalue weighted by molar-refractivity contribution is 0.0610. The van der Waals surface area contributed by atoms with Crippen LogP contribution < -0.4 is 0 Å². The number of amides is 1. The molecule has 1 aliphatic heterocycles. The van der Waals surface area contributed by atoms with Crippen LogP contribution >= 0.6 is 11.6 Å². The highest BCUT2D eigenvalue weighted by molar-refractivity contribution is 6.30. The van der Waals surface area contributed by atoms with Crippen LogP contribution in [-0.2, 0) is 0 Å². The van der Waals surface area contributed by atoms with Crippen LogP contribution in [0.2, 0.25) is 5.02 Å². The predicted octanol–water partition coefficient (Wildman–Crippen LogP) is 3.67. The number of carbonyl (C=O) groups excluding carboxylic acids is 2. The fourth-order valence-corrected chi connectivity index (χ4v) is 2.91. The molecule has 0 saturated carbocycles. The minimum atomic E-state index is -0.172. The Bertz CT molecular complexity index is 664. The van der Waals surface area contributed by atoms with Gasteiger partial charge in [0.15, 0.2) is 11.5 Å². The van der Waals surface area contributed by atoms with Crippen LogP contribution in [0, 0.1) is 5.92 Å². The van der Waals surface area contributed by atoms with Crippen molar-refractivity contribution in [3.63, 3.8) is 0 Å². The van der Waals surface area contributed by atoms with Gasteiger partial charge < -0.3 is 9.32 Å². The molecule has 0 aliphatic carbocycles. The van der Waals surface area contributed by atoms with Crippen LogP contribution in [0.5, 0.6) is 0 Å². The van der Waals surface area contributed by atoms with Gasteiger partial charge in [0.05, 0.1) is 6.26 Å². The Hall–Kier alpha value is -2.07. The third-order valence-electron chi connectivity index (χ3n) is 3.94. The molecule has 0 spiro atoms. The summed E-state index contributed by atoms with van der Waals surface area (Å²) in [4.78, 5) is 26.6. The lowest BCUT2D eigenvalue weighted by Crippen LogP contribution is -2.42. The third kappa shape index (κ3) is 3.07. The summed E-state index contributed by atoms with van der Waals surface area (Å²) in [5, 5.41) is 0.606. The van der Waals surface area contributed by atoms with Gasteiger partial charge in [0, 0.05) is 29.6 Å². The van der Waals surface area contributed by atoms with Crippen molar-refractivity contribution >= 4 is 23.3 Å². The van der Waals surface area contributed by atoms with Crippen LogP contribution in [0.3, 0.4) is 0 Å². The van der Waals surface area contributed by atoms with E-state index < -0.39 is 0 Å². The number of benzene rings is 1. The normalized spacial score (nSPS) is 18.2. The number of Topliss-reactive ketones (excluding diaryl/α,β-unsaturated/α-hetero) is 1. The summed E-state index contributed by atoms with van der Waals surface area (Å²) in [7, 11) is 0. The summed E-state index contributed by atoms with van der Waals surface area (Å²) >= 11 is 5.85. The second kappa shape index (κ2) is 6.36. The first-order valence-corrected chi connectivity index (χ1v) is 7.65. The van der Waals surface area contributed by atoms with Crippen LogP contribution in [0.1, 0.15) is 33.8 Å². The maximum atomic E-state index is 12.6. The summed E-state index contributed by atoms with van der Waals surface area (Å²) in [5.41, 5.74) is 0.640. The van der Waals surface area contributed by atoms with E-state index in [-0.39, 0.29) is 17.6 Å². The molecule has 1 amide bonds. The molecule has 2 aromatic rings. The number of carbonyl (C=O) groups is 2. The van der Waals surface area contributed by atoms with E-state index in [1.165, 1.54) is 6.26 Å². The first kappa shape index (κ1) is 14.9. The largest absolute Gasteiger partial charge is 0.459 e. The van der Waals surface area contributed by atoms with E-state index in [1.807, 2.05) is 0 Å². The number of hydrogen-bond donors (Lipinski definition) is 0. The second-order valence-electron chi connectivity index (χ2n) is 5.44. The Morgan fingerprint density at radius 2 is 1.95 bits per heavy atom. The lowest BCUT2D eigenvalue weighted by atomic mass is 9.90. The maximum Gasteiger partial charge on any atom is 0.289 e. The molecule has 22 heavy (non-hydrogen) atoms. The Morgan fingerprint density at radius 3 is 2.64 bits per heavy atom. The van der Waals surface area contributed by atoms with Gasteiger partial charge in [-0.2, -0.15) is 0 Å². The van der Waals surface area contributed by atoms with Gasteiger partial charge in [-0.05, 0) is 49.2 Å². The van der Waals surface area contributed by atoms with E-state index in [9.17, 15) is 9.59 Å².